The van der Waals surface area contributed by atoms with Crippen molar-refractivity contribution in [3.63, 3.8) is 0 Å². The molecule has 25 heavy (non-hydrogen) atoms. The lowest BCUT2D eigenvalue weighted by atomic mass is 9.71. The molecule has 0 bridgehead atoms. The van der Waals surface area contributed by atoms with E-state index in [0.717, 1.165) is 12.8 Å². The van der Waals surface area contributed by atoms with E-state index in [4.69, 9.17) is 5.73 Å². The first-order valence-electron chi connectivity index (χ1n) is 8.81. The Balaban J connectivity index is 0.00000288. The molecule has 1 saturated carbocycles. The van der Waals surface area contributed by atoms with Gasteiger partial charge < -0.3 is 16.0 Å². The Morgan fingerprint density at radius 1 is 1.20 bits per heavy atom. The molecule has 144 valence electrons. The Labute approximate surface area is 164 Å². The van der Waals surface area contributed by atoms with E-state index >= 15 is 0 Å². The molecular formula is C19H33Cl2N3O. The van der Waals surface area contributed by atoms with Crippen LogP contribution in [0.3, 0.4) is 0 Å². The molecule has 1 atom stereocenters. The van der Waals surface area contributed by atoms with Crippen LogP contribution in [0.25, 0.3) is 0 Å². The average molecular weight is 390 g/mol. The Hall–Kier alpha value is -0.970. The van der Waals surface area contributed by atoms with E-state index in [9.17, 15) is 4.79 Å². The van der Waals surface area contributed by atoms with Crippen molar-refractivity contribution < 1.29 is 4.79 Å². The molecule has 6 heteroatoms. The first-order valence-corrected chi connectivity index (χ1v) is 8.81. The number of amides is 1. The summed E-state index contributed by atoms with van der Waals surface area (Å²) in [5.41, 5.74) is 7.18. The number of benzene rings is 1. The van der Waals surface area contributed by atoms with E-state index in [1.807, 2.05) is 18.2 Å². The Morgan fingerprint density at radius 2 is 1.80 bits per heavy atom. The van der Waals surface area contributed by atoms with E-state index in [1.54, 1.807) is 0 Å². The molecule has 4 nitrogen and oxygen atoms in total. The molecule has 1 aliphatic rings. The van der Waals surface area contributed by atoms with Gasteiger partial charge in [-0.15, -0.1) is 24.8 Å². The number of anilines is 1. The van der Waals surface area contributed by atoms with Crippen molar-refractivity contribution in [2.75, 3.05) is 25.0 Å². The zero-order valence-corrected chi connectivity index (χ0v) is 17.0. The highest BCUT2D eigenvalue weighted by Crippen LogP contribution is 2.38. The largest absolute Gasteiger partial charge is 0.370 e. The number of hydrogen-bond acceptors (Lipinski definition) is 3. The van der Waals surface area contributed by atoms with Crippen LogP contribution < -0.4 is 16.0 Å². The standard InChI is InChI=1S/C19H31N3O.2ClH/c1-16(22(2)17-9-5-3-6-10-17)14-21-18(23)13-19(15-20)11-7-4-8-12-19;;/h3,5-6,9-10,16H,4,7-8,11-15,20H2,1-2H3,(H,21,23);2*1H. The van der Waals surface area contributed by atoms with Crippen molar-refractivity contribution in [2.45, 2.75) is 51.5 Å². The fourth-order valence-electron chi connectivity index (χ4n) is 3.47. The zero-order valence-electron chi connectivity index (χ0n) is 15.4. The van der Waals surface area contributed by atoms with Gasteiger partial charge in [0.25, 0.3) is 0 Å². The van der Waals surface area contributed by atoms with Crippen LogP contribution in [0.2, 0.25) is 0 Å². The Bertz CT molecular complexity index is 493. The van der Waals surface area contributed by atoms with Gasteiger partial charge in [-0.2, -0.15) is 0 Å². The molecule has 0 saturated heterocycles. The quantitative estimate of drug-likeness (QED) is 0.745. The minimum atomic E-state index is 0. The second kappa shape index (κ2) is 11.6. The van der Waals surface area contributed by atoms with Crippen LogP contribution in [-0.4, -0.2) is 32.1 Å². The molecule has 1 unspecified atom stereocenters. The van der Waals surface area contributed by atoms with Gasteiger partial charge in [0, 0.05) is 31.7 Å². The third kappa shape index (κ3) is 7.04. The topological polar surface area (TPSA) is 58.4 Å². The number of para-hydroxylation sites is 1. The predicted molar refractivity (Wildman–Crippen MR) is 111 cm³/mol. The van der Waals surface area contributed by atoms with Crippen LogP contribution in [0.5, 0.6) is 0 Å². The van der Waals surface area contributed by atoms with E-state index in [-0.39, 0.29) is 42.2 Å². The summed E-state index contributed by atoms with van der Waals surface area (Å²) in [5.74, 6) is 0.144. The van der Waals surface area contributed by atoms with Crippen molar-refractivity contribution >= 4 is 36.4 Å². The molecular weight excluding hydrogens is 357 g/mol. The van der Waals surface area contributed by atoms with Crippen molar-refractivity contribution in [1.82, 2.24) is 5.32 Å². The normalized spacial score (nSPS) is 16.8. The average Bonchev–Trinajstić information content (AvgIpc) is 2.60. The molecule has 0 spiro atoms. The second-order valence-corrected chi connectivity index (χ2v) is 7.04. The van der Waals surface area contributed by atoms with E-state index in [2.05, 4.69) is 36.3 Å². The summed E-state index contributed by atoms with van der Waals surface area (Å²) in [7, 11) is 2.06. The smallest absolute Gasteiger partial charge is 0.220 e. The van der Waals surface area contributed by atoms with Crippen LogP contribution in [0.4, 0.5) is 5.69 Å². The number of nitrogens with zero attached hydrogens (tertiary/aromatic N) is 1. The van der Waals surface area contributed by atoms with Crippen molar-refractivity contribution in [3.8, 4) is 0 Å². The van der Waals surface area contributed by atoms with Crippen molar-refractivity contribution in [1.29, 1.82) is 0 Å². The third-order valence-corrected chi connectivity index (χ3v) is 5.30. The van der Waals surface area contributed by atoms with Crippen molar-refractivity contribution in [3.05, 3.63) is 30.3 Å². The summed E-state index contributed by atoms with van der Waals surface area (Å²) in [4.78, 5) is 14.5. The molecule has 0 radical (unpaired) electrons. The number of carbonyl (C=O) groups excluding carboxylic acids is 1. The summed E-state index contributed by atoms with van der Waals surface area (Å²) in [6, 6.07) is 10.5. The maximum Gasteiger partial charge on any atom is 0.220 e. The zero-order chi connectivity index (χ0) is 16.7. The molecule has 3 N–H and O–H groups in total. The summed E-state index contributed by atoms with van der Waals surface area (Å²) in [5, 5.41) is 3.10. The number of hydrogen-bond donors (Lipinski definition) is 2. The Kier molecular flexibility index (Phi) is 11.2. The van der Waals surface area contributed by atoms with Crippen LogP contribution in [0.1, 0.15) is 45.4 Å². The molecule has 0 aliphatic heterocycles. The summed E-state index contributed by atoms with van der Waals surface area (Å²) in [6.45, 7) is 3.41. The van der Waals surface area contributed by atoms with Crippen molar-refractivity contribution in [2.24, 2.45) is 11.1 Å². The van der Waals surface area contributed by atoms with E-state index in [0.29, 0.717) is 19.5 Å². The van der Waals surface area contributed by atoms with Crippen LogP contribution >= 0.6 is 24.8 Å². The predicted octanol–water partition coefficient (Wildman–Crippen LogP) is 3.77. The molecule has 1 aromatic rings. The fourth-order valence-corrected chi connectivity index (χ4v) is 3.47. The van der Waals surface area contributed by atoms with Gasteiger partial charge in [-0.05, 0) is 43.9 Å². The fraction of sp³-hybridized carbons (Fsp3) is 0.632. The first kappa shape index (κ1) is 24.0. The molecule has 2 rings (SSSR count). The van der Waals surface area contributed by atoms with Gasteiger partial charge in [-0.1, -0.05) is 37.5 Å². The van der Waals surface area contributed by atoms with Gasteiger partial charge in [-0.3, -0.25) is 4.79 Å². The molecule has 1 aromatic carbocycles. The van der Waals surface area contributed by atoms with Gasteiger partial charge in [0.15, 0.2) is 0 Å². The van der Waals surface area contributed by atoms with E-state index in [1.165, 1.54) is 24.9 Å². The minimum absolute atomic E-state index is 0. The highest BCUT2D eigenvalue weighted by molar-refractivity contribution is 5.85. The van der Waals surface area contributed by atoms with Gasteiger partial charge in [0.05, 0.1) is 0 Å². The highest BCUT2D eigenvalue weighted by Gasteiger charge is 2.32. The molecule has 1 fully saturated rings. The van der Waals surface area contributed by atoms with E-state index < -0.39 is 0 Å². The second-order valence-electron chi connectivity index (χ2n) is 7.04. The third-order valence-electron chi connectivity index (χ3n) is 5.30. The maximum absolute atomic E-state index is 12.4. The lowest BCUT2D eigenvalue weighted by Crippen LogP contribution is -2.43. The number of likely N-dealkylation sites (N-methyl/N-ethyl adjacent to an activating group) is 1. The number of rotatable bonds is 7. The number of nitrogens with two attached hydrogens (primary N) is 1. The van der Waals surface area contributed by atoms with Crippen LogP contribution in [0.15, 0.2) is 30.3 Å². The maximum atomic E-state index is 12.4. The Morgan fingerprint density at radius 3 is 2.36 bits per heavy atom. The summed E-state index contributed by atoms with van der Waals surface area (Å²) in [6.07, 6.45) is 6.45. The molecule has 0 aromatic heterocycles. The van der Waals surface area contributed by atoms with Gasteiger partial charge in [-0.25, -0.2) is 0 Å². The molecule has 0 heterocycles. The van der Waals surface area contributed by atoms with Crippen LogP contribution in [0, 0.1) is 5.41 Å². The number of carbonyl (C=O) groups is 1. The summed E-state index contributed by atoms with van der Waals surface area (Å²) >= 11 is 0. The van der Waals surface area contributed by atoms with Crippen LogP contribution in [-0.2, 0) is 4.79 Å². The SMILES string of the molecule is CC(CNC(=O)CC1(CN)CCCCC1)N(C)c1ccccc1.Cl.Cl. The summed E-state index contributed by atoms with van der Waals surface area (Å²) < 4.78 is 0. The number of nitrogens with one attached hydrogen (secondary N) is 1. The van der Waals surface area contributed by atoms with Gasteiger partial charge in [0.2, 0.25) is 5.91 Å². The monoisotopic (exact) mass is 389 g/mol. The lowest BCUT2D eigenvalue weighted by Gasteiger charge is -2.36. The minimum Gasteiger partial charge on any atom is -0.370 e. The number of halogens is 2. The molecule has 1 amide bonds. The highest BCUT2D eigenvalue weighted by atomic mass is 35.5. The van der Waals surface area contributed by atoms with Gasteiger partial charge in [0.1, 0.15) is 0 Å². The molecule has 1 aliphatic carbocycles. The lowest BCUT2D eigenvalue weighted by molar-refractivity contribution is -0.123. The first-order chi connectivity index (χ1) is 11.1. The van der Waals surface area contributed by atoms with Gasteiger partial charge >= 0.3 is 0 Å².